The molecule has 0 bridgehead atoms. The Balaban J connectivity index is 2.32. The first-order valence-corrected chi connectivity index (χ1v) is 5.18. The van der Waals surface area contributed by atoms with Crippen molar-refractivity contribution in [1.82, 2.24) is 14.9 Å². The van der Waals surface area contributed by atoms with Crippen molar-refractivity contribution < 1.29 is 14.7 Å². The van der Waals surface area contributed by atoms with Gasteiger partial charge < -0.3 is 10.4 Å². The van der Waals surface area contributed by atoms with E-state index in [-0.39, 0.29) is 18.2 Å². The number of nitrogens with one attached hydrogen (secondary N) is 1. The van der Waals surface area contributed by atoms with Crippen LogP contribution in [0.4, 0.5) is 0 Å². The highest BCUT2D eigenvalue weighted by Crippen LogP contribution is 2.32. The topological polar surface area (TPSA) is 92.2 Å². The second-order valence-electron chi connectivity index (χ2n) is 3.42. The molecule has 1 amide bonds. The molecule has 2 unspecified atom stereocenters. The molecule has 2 heterocycles. The number of carbonyl (C=O) groups excluding carboxylic acids is 1. The van der Waals surface area contributed by atoms with Crippen LogP contribution in [-0.2, 0) is 9.59 Å². The first-order valence-electron chi connectivity index (χ1n) is 4.40. The lowest BCUT2D eigenvalue weighted by Crippen LogP contribution is -2.35. The van der Waals surface area contributed by atoms with E-state index in [2.05, 4.69) is 14.9 Å². The summed E-state index contributed by atoms with van der Waals surface area (Å²) in [6, 6.07) is -0.849. The number of aliphatic carboxylic acids is 1. The summed E-state index contributed by atoms with van der Waals surface area (Å²) >= 11 is 1.15. The van der Waals surface area contributed by atoms with E-state index in [0.717, 1.165) is 16.4 Å². The molecule has 80 valence electrons. The molecule has 1 aromatic rings. The van der Waals surface area contributed by atoms with Gasteiger partial charge in [0, 0.05) is 12.3 Å². The second-order valence-corrected chi connectivity index (χ2v) is 4.20. The van der Waals surface area contributed by atoms with Gasteiger partial charge in [-0.3, -0.25) is 4.79 Å². The number of carboxylic acids is 1. The number of hydrogen-bond donors (Lipinski definition) is 2. The fraction of sp³-hybridized carbons (Fsp3) is 0.500. The lowest BCUT2D eigenvalue weighted by atomic mass is 9.98. The van der Waals surface area contributed by atoms with Gasteiger partial charge in [0.2, 0.25) is 5.91 Å². The number of rotatable bonds is 2. The average molecular weight is 227 g/mol. The summed E-state index contributed by atoms with van der Waals surface area (Å²) in [5.41, 5.74) is 0.702. The van der Waals surface area contributed by atoms with Gasteiger partial charge in [-0.25, -0.2) is 4.79 Å². The number of amides is 1. The van der Waals surface area contributed by atoms with Crippen LogP contribution in [0.15, 0.2) is 0 Å². The normalized spacial score (nSPS) is 25.3. The smallest absolute Gasteiger partial charge is 0.326 e. The molecule has 0 aliphatic carbocycles. The molecule has 1 saturated heterocycles. The van der Waals surface area contributed by atoms with Gasteiger partial charge in [0.25, 0.3) is 0 Å². The molecule has 1 fully saturated rings. The van der Waals surface area contributed by atoms with Crippen LogP contribution < -0.4 is 5.32 Å². The molecule has 2 N–H and O–H groups in total. The summed E-state index contributed by atoms with van der Waals surface area (Å²) in [5.74, 6) is -1.59. The quantitative estimate of drug-likeness (QED) is 0.736. The number of nitrogens with zero attached hydrogens (tertiary/aromatic N) is 2. The maximum atomic E-state index is 11.2. The van der Waals surface area contributed by atoms with E-state index >= 15 is 0 Å². The van der Waals surface area contributed by atoms with E-state index in [9.17, 15) is 9.59 Å². The van der Waals surface area contributed by atoms with Crippen molar-refractivity contribution in [2.75, 3.05) is 0 Å². The summed E-state index contributed by atoms with van der Waals surface area (Å²) in [6.45, 7) is 1.76. The van der Waals surface area contributed by atoms with Gasteiger partial charge in [0.05, 0.1) is 10.6 Å². The molecule has 0 radical (unpaired) electrons. The van der Waals surface area contributed by atoms with Crippen LogP contribution in [0.3, 0.4) is 0 Å². The minimum Gasteiger partial charge on any atom is -0.480 e. The van der Waals surface area contributed by atoms with Gasteiger partial charge in [-0.15, -0.1) is 5.10 Å². The maximum Gasteiger partial charge on any atom is 0.326 e. The van der Waals surface area contributed by atoms with Gasteiger partial charge >= 0.3 is 5.97 Å². The van der Waals surface area contributed by atoms with Crippen molar-refractivity contribution in [1.29, 1.82) is 0 Å². The molecule has 0 saturated carbocycles. The van der Waals surface area contributed by atoms with Crippen LogP contribution >= 0.6 is 11.5 Å². The van der Waals surface area contributed by atoms with Gasteiger partial charge in [0.15, 0.2) is 0 Å². The molecule has 0 aromatic carbocycles. The van der Waals surface area contributed by atoms with Gasteiger partial charge in [-0.2, -0.15) is 0 Å². The standard InChI is InChI=1S/C8H9N3O3S/c1-3-7(15-11-10-3)4-2-5(12)9-6(4)8(13)14/h4,6H,2H2,1H3,(H,9,12)(H,13,14). The number of hydrogen-bond acceptors (Lipinski definition) is 5. The van der Waals surface area contributed by atoms with Crippen LogP contribution in [-0.4, -0.2) is 32.6 Å². The summed E-state index contributed by atoms with van der Waals surface area (Å²) in [7, 11) is 0. The van der Waals surface area contributed by atoms with Crippen molar-refractivity contribution in [3.63, 3.8) is 0 Å². The minimum atomic E-state index is -1.02. The molecular formula is C8H9N3O3S. The van der Waals surface area contributed by atoms with E-state index in [0.29, 0.717) is 5.69 Å². The zero-order valence-electron chi connectivity index (χ0n) is 7.93. The predicted octanol–water partition coefficient (Wildman–Crippen LogP) is -0.0968. The Morgan fingerprint density at radius 2 is 2.40 bits per heavy atom. The third kappa shape index (κ3) is 1.70. The van der Waals surface area contributed by atoms with E-state index in [4.69, 9.17) is 5.11 Å². The van der Waals surface area contributed by atoms with Crippen molar-refractivity contribution >= 4 is 23.4 Å². The first-order chi connectivity index (χ1) is 7.09. The zero-order chi connectivity index (χ0) is 11.0. The molecule has 0 spiro atoms. The molecule has 2 rings (SSSR count). The first kappa shape index (κ1) is 10.0. The summed E-state index contributed by atoms with van der Waals surface area (Å²) in [6.07, 6.45) is 0.196. The van der Waals surface area contributed by atoms with Gasteiger partial charge in [-0.1, -0.05) is 4.49 Å². The highest BCUT2D eigenvalue weighted by atomic mass is 32.1. The van der Waals surface area contributed by atoms with E-state index in [1.54, 1.807) is 6.92 Å². The molecule has 2 atom stereocenters. The van der Waals surface area contributed by atoms with Crippen LogP contribution in [0.2, 0.25) is 0 Å². The summed E-state index contributed by atoms with van der Waals surface area (Å²) in [4.78, 5) is 22.9. The highest BCUT2D eigenvalue weighted by molar-refractivity contribution is 7.05. The Bertz CT molecular complexity index is 417. The fourth-order valence-corrected chi connectivity index (χ4v) is 2.48. The molecule has 1 aliphatic rings. The van der Waals surface area contributed by atoms with E-state index in [1.807, 2.05) is 0 Å². The molecule has 15 heavy (non-hydrogen) atoms. The number of carboxylic acid groups (broad SMARTS) is 1. The number of aryl methyl sites for hydroxylation is 1. The van der Waals surface area contributed by atoms with Crippen molar-refractivity contribution in [3.05, 3.63) is 10.6 Å². The third-order valence-corrected chi connectivity index (χ3v) is 3.37. The van der Waals surface area contributed by atoms with Crippen LogP contribution in [0.1, 0.15) is 22.9 Å². The summed E-state index contributed by atoms with van der Waals surface area (Å²) < 4.78 is 3.74. The second kappa shape index (κ2) is 3.58. The Morgan fingerprint density at radius 3 is 2.93 bits per heavy atom. The van der Waals surface area contributed by atoms with E-state index < -0.39 is 12.0 Å². The zero-order valence-corrected chi connectivity index (χ0v) is 8.74. The molecular weight excluding hydrogens is 218 g/mol. The Morgan fingerprint density at radius 1 is 1.67 bits per heavy atom. The lowest BCUT2D eigenvalue weighted by Gasteiger charge is -2.12. The predicted molar refractivity (Wildman–Crippen MR) is 51.6 cm³/mol. The lowest BCUT2D eigenvalue weighted by molar-refractivity contribution is -0.140. The average Bonchev–Trinajstić information content (AvgIpc) is 2.71. The highest BCUT2D eigenvalue weighted by Gasteiger charge is 2.40. The molecule has 1 aliphatic heterocycles. The van der Waals surface area contributed by atoms with Crippen LogP contribution in [0, 0.1) is 6.92 Å². The Hall–Kier alpha value is -1.50. The van der Waals surface area contributed by atoms with Crippen molar-refractivity contribution in [2.24, 2.45) is 0 Å². The number of aromatic nitrogens is 2. The fourth-order valence-electron chi connectivity index (χ4n) is 1.71. The molecule has 6 nitrogen and oxygen atoms in total. The van der Waals surface area contributed by atoms with Crippen LogP contribution in [0.5, 0.6) is 0 Å². The van der Waals surface area contributed by atoms with Gasteiger partial charge in [0.1, 0.15) is 6.04 Å². The maximum absolute atomic E-state index is 11.2. The molecule has 1 aromatic heterocycles. The largest absolute Gasteiger partial charge is 0.480 e. The third-order valence-electron chi connectivity index (χ3n) is 2.41. The Labute approximate surface area is 89.5 Å². The molecule has 7 heteroatoms. The monoisotopic (exact) mass is 227 g/mol. The SMILES string of the molecule is Cc1nnsc1C1CC(=O)NC1C(=O)O. The number of carbonyl (C=O) groups is 2. The van der Waals surface area contributed by atoms with Crippen molar-refractivity contribution in [2.45, 2.75) is 25.3 Å². The minimum absolute atomic E-state index is 0.196. The van der Waals surface area contributed by atoms with E-state index in [1.165, 1.54) is 0 Å². The van der Waals surface area contributed by atoms with Gasteiger partial charge in [-0.05, 0) is 18.5 Å². The van der Waals surface area contributed by atoms with Crippen LogP contribution in [0.25, 0.3) is 0 Å². The van der Waals surface area contributed by atoms with Crippen molar-refractivity contribution in [3.8, 4) is 0 Å². The summed E-state index contributed by atoms with van der Waals surface area (Å²) in [5, 5.41) is 15.2. The Kier molecular flexibility index (Phi) is 2.39.